The summed E-state index contributed by atoms with van der Waals surface area (Å²) in [6.07, 6.45) is 7.36. The number of ether oxygens (including phenoxy) is 1. The second kappa shape index (κ2) is 10.3. The lowest BCUT2D eigenvalue weighted by atomic mass is 9.68. The molecule has 27 heavy (non-hydrogen) atoms. The molecule has 2 rings (SSSR count). The second-order valence-corrected chi connectivity index (χ2v) is 8.32. The molecule has 0 radical (unpaired) electrons. The van der Waals surface area contributed by atoms with Crippen molar-refractivity contribution in [3.05, 3.63) is 16.2 Å². The largest absolute Gasteiger partial charge is 0.402 e. The summed E-state index contributed by atoms with van der Waals surface area (Å²) in [6.45, 7) is 5.16. The predicted octanol–water partition coefficient (Wildman–Crippen LogP) is 2.51. The summed E-state index contributed by atoms with van der Waals surface area (Å²) < 4.78 is 5.77. The van der Waals surface area contributed by atoms with Crippen LogP contribution in [0.2, 0.25) is 0 Å². The maximum atomic E-state index is 11.2. The number of nitroso groups, excluding NO2 is 1. The molecule has 2 aliphatic rings. The Morgan fingerprint density at radius 3 is 2.67 bits per heavy atom. The lowest BCUT2D eigenvalue weighted by molar-refractivity contribution is 0.0436. The monoisotopic (exact) mass is 379 g/mol. The lowest BCUT2D eigenvalue weighted by Gasteiger charge is -2.38. The van der Waals surface area contributed by atoms with Gasteiger partial charge in [0.2, 0.25) is 0 Å². The number of hydrogen-bond acceptors (Lipinski definition) is 7. The lowest BCUT2D eigenvalue weighted by Crippen LogP contribution is -2.32. The van der Waals surface area contributed by atoms with Crippen molar-refractivity contribution < 1.29 is 4.74 Å². The molecule has 0 amide bonds. The number of nitrogens with zero attached hydrogens (tertiary/aromatic N) is 2. The van der Waals surface area contributed by atoms with Gasteiger partial charge in [0, 0.05) is 43.7 Å². The molecule has 2 fully saturated rings. The van der Waals surface area contributed by atoms with Crippen molar-refractivity contribution in [2.24, 2.45) is 22.2 Å². The van der Waals surface area contributed by atoms with Crippen molar-refractivity contribution in [3.63, 3.8) is 0 Å². The van der Waals surface area contributed by atoms with Gasteiger partial charge in [-0.25, -0.2) is 0 Å². The highest BCUT2D eigenvalue weighted by Crippen LogP contribution is 2.52. The minimum atomic E-state index is -0.202. The Labute approximate surface area is 163 Å². The van der Waals surface area contributed by atoms with Crippen LogP contribution in [0.5, 0.6) is 0 Å². The average Bonchev–Trinajstić information content (AvgIpc) is 3.01. The molecule has 154 valence electrons. The van der Waals surface area contributed by atoms with Crippen LogP contribution in [0.15, 0.2) is 16.4 Å². The van der Waals surface area contributed by atoms with Crippen molar-refractivity contribution >= 4 is 6.21 Å². The van der Waals surface area contributed by atoms with E-state index in [0.717, 1.165) is 62.9 Å². The summed E-state index contributed by atoms with van der Waals surface area (Å²) in [5, 5.41) is 14.3. The van der Waals surface area contributed by atoms with Gasteiger partial charge in [0.1, 0.15) is 6.04 Å². The fourth-order valence-electron chi connectivity index (χ4n) is 4.81. The Morgan fingerprint density at radius 2 is 2.11 bits per heavy atom. The molecular formula is C20H37N5O2. The molecule has 0 bridgehead atoms. The van der Waals surface area contributed by atoms with E-state index in [2.05, 4.69) is 22.4 Å². The predicted molar refractivity (Wildman–Crippen MR) is 110 cm³/mol. The third-order valence-electron chi connectivity index (χ3n) is 6.44. The van der Waals surface area contributed by atoms with Gasteiger partial charge in [-0.2, -0.15) is 4.91 Å². The van der Waals surface area contributed by atoms with Crippen molar-refractivity contribution in [1.82, 2.24) is 10.2 Å². The highest BCUT2D eigenvalue weighted by molar-refractivity contribution is 5.77. The van der Waals surface area contributed by atoms with Crippen LogP contribution in [0.4, 0.5) is 0 Å². The summed E-state index contributed by atoms with van der Waals surface area (Å²) in [6, 6.07) is -0.202. The molecule has 2 aliphatic carbocycles. The molecule has 2 atom stereocenters. The first-order valence-corrected chi connectivity index (χ1v) is 10.2. The van der Waals surface area contributed by atoms with Crippen LogP contribution in [0.25, 0.3) is 0 Å². The highest BCUT2D eigenvalue weighted by atomic mass is 16.5. The van der Waals surface area contributed by atoms with Crippen LogP contribution in [0.3, 0.4) is 0 Å². The number of rotatable bonds is 10. The summed E-state index contributed by atoms with van der Waals surface area (Å²) in [4.78, 5) is 13.4. The molecule has 0 aromatic carbocycles. The molecule has 0 aromatic heterocycles. The van der Waals surface area contributed by atoms with Crippen LogP contribution in [-0.4, -0.2) is 63.6 Å². The minimum Gasteiger partial charge on any atom is -0.402 e. The van der Waals surface area contributed by atoms with Crippen LogP contribution >= 0.6 is 0 Å². The van der Waals surface area contributed by atoms with Gasteiger partial charge < -0.3 is 26.1 Å². The number of nitrogens with one attached hydrogen (secondary N) is 2. The van der Waals surface area contributed by atoms with Crippen LogP contribution in [-0.2, 0) is 4.74 Å². The molecule has 7 nitrogen and oxygen atoms in total. The standard InChI is InChI=1S/C20H37N5O2/c1-4-27-18-12-20(11-17(18)24-26)7-5-15(6-8-20)19(22)16(13-21)14-25(3)10-9-23-2/h13,15,17-18,21,23H,4-12,14,22H2,1-3H3. The molecule has 1 spiro atoms. The van der Waals surface area contributed by atoms with Crippen molar-refractivity contribution in [2.75, 3.05) is 40.3 Å². The molecule has 4 N–H and O–H groups in total. The summed E-state index contributed by atoms with van der Waals surface area (Å²) in [7, 11) is 4.00. The van der Waals surface area contributed by atoms with Crippen molar-refractivity contribution in [2.45, 2.75) is 57.6 Å². The van der Waals surface area contributed by atoms with E-state index in [9.17, 15) is 4.91 Å². The Balaban J connectivity index is 1.97. The Morgan fingerprint density at radius 1 is 1.41 bits per heavy atom. The zero-order valence-electron chi connectivity index (χ0n) is 17.2. The molecule has 0 aliphatic heterocycles. The first-order chi connectivity index (χ1) is 13.0. The quantitative estimate of drug-likeness (QED) is 0.400. The highest BCUT2D eigenvalue weighted by Gasteiger charge is 2.48. The normalized spacial score (nSPS) is 31.9. The van der Waals surface area contributed by atoms with Gasteiger partial charge in [-0.15, -0.1) is 0 Å². The number of hydrogen-bond donors (Lipinski definition) is 3. The van der Waals surface area contributed by atoms with Crippen LogP contribution in [0, 0.1) is 21.6 Å². The van der Waals surface area contributed by atoms with Gasteiger partial charge in [0.25, 0.3) is 0 Å². The maximum absolute atomic E-state index is 11.2. The molecule has 0 saturated heterocycles. The second-order valence-electron chi connectivity index (χ2n) is 8.32. The van der Waals surface area contributed by atoms with E-state index in [4.69, 9.17) is 15.9 Å². The van der Waals surface area contributed by atoms with Crippen molar-refractivity contribution in [1.29, 1.82) is 5.41 Å². The molecule has 7 heteroatoms. The Bertz CT molecular complexity index is 528. The van der Waals surface area contributed by atoms with Gasteiger partial charge in [0.05, 0.1) is 6.10 Å². The van der Waals surface area contributed by atoms with Crippen LogP contribution in [0.1, 0.15) is 45.4 Å². The SMILES string of the molecule is CCOC1CC2(CCC(C(N)=C(C=N)CN(C)CCNC)CC2)CC1N=O. The van der Waals surface area contributed by atoms with Gasteiger partial charge in [0.15, 0.2) is 0 Å². The zero-order chi connectivity index (χ0) is 19.9. The molecule has 0 heterocycles. The summed E-state index contributed by atoms with van der Waals surface area (Å²) >= 11 is 0. The van der Waals surface area contributed by atoms with Crippen LogP contribution < -0.4 is 11.1 Å². The fraction of sp³-hybridized carbons (Fsp3) is 0.850. The number of nitrogens with two attached hydrogens (primary N) is 1. The van der Waals surface area contributed by atoms with Gasteiger partial charge in [-0.3, -0.25) is 0 Å². The van der Waals surface area contributed by atoms with E-state index < -0.39 is 0 Å². The molecular weight excluding hydrogens is 342 g/mol. The van der Waals surface area contributed by atoms with Gasteiger partial charge in [-0.1, -0.05) is 5.18 Å². The number of allylic oxidation sites excluding steroid dienone is 1. The first-order valence-electron chi connectivity index (χ1n) is 10.2. The smallest absolute Gasteiger partial charge is 0.119 e. The summed E-state index contributed by atoms with van der Waals surface area (Å²) in [5.41, 5.74) is 8.48. The topological polar surface area (TPSA) is 104 Å². The van der Waals surface area contributed by atoms with Gasteiger partial charge in [-0.05, 0) is 70.9 Å². The van der Waals surface area contributed by atoms with Gasteiger partial charge >= 0.3 is 0 Å². The number of likely N-dealkylation sites (N-methyl/N-ethyl adjacent to an activating group) is 2. The average molecular weight is 380 g/mol. The fourth-order valence-corrected chi connectivity index (χ4v) is 4.81. The third-order valence-corrected chi connectivity index (χ3v) is 6.44. The Hall–Kier alpha value is -1.31. The maximum Gasteiger partial charge on any atom is 0.119 e. The molecule has 0 aromatic rings. The van der Waals surface area contributed by atoms with E-state index in [1.165, 1.54) is 6.21 Å². The molecule has 2 unspecified atom stereocenters. The minimum absolute atomic E-state index is 0.0186. The van der Waals surface area contributed by atoms with E-state index in [-0.39, 0.29) is 17.6 Å². The zero-order valence-corrected chi connectivity index (χ0v) is 17.2. The van der Waals surface area contributed by atoms with E-state index in [1.807, 2.05) is 14.0 Å². The van der Waals surface area contributed by atoms with E-state index in [1.54, 1.807) is 0 Å². The molecule has 2 saturated carbocycles. The van der Waals surface area contributed by atoms with E-state index in [0.29, 0.717) is 19.1 Å². The van der Waals surface area contributed by atoms with E-state index >= 15 is 0 Å². The third kappa shape index (κ3) is 5.59. The first kappa shape index (κ1) is 22.0. The van der Waals surface area contributed by atoms with Crippen molar-refractivity contribution in [3.8, 4) is 0 Å². The summed E-state index contributed by atoms with van der Waals surface area (Å²) in [5.74, 6) is 0.332. The Kier molecular flexibility index (Phi) is 8.38.